The number of ether oxygens (including phenoxy) is 1. The summed E-state index contributed by atoms with van der Waals surface area (Å²) in [5.41, 5.74) is 0.289. The Kier molecular flexibility index (Phi) is 7.38. The molecular weight excluding hydrogens is 455 g/mol. The van der Waals surface area contributed by atoms with Crippen LogP contribution in [0.2, 0.25) is 5.82 Å². The fraction of sp³-hybridized carbons (Fsp3) is 0.615. The van der Waals surface area contributed by atoms with Crippen LogP contribution in [0, 0.1) is 23.2 Å². The summed E-state index contributed by atoms with van der Waals surface area (Å²) in [6, 6.07) is 7.38. The monoisotopic (exact) mass is 492 g/mol. The second-order valence-corrected chi connectivity index (χ2v) is 14.5. The molecule has 0 N–H and O–H groups in total. The minimum absolute atomic E-state index is 0.00313. The maximum absolute atomic E-state index is 12.8. The minimum atomic E-state index is -1.71. The Hall–Kier alpha value is -1.58. The van der Waals surface area contributed by atoms with E-state index in [9.17, 15) is 14.4 Å². The van der Waals surface area contributed by atoms with Gasteiger partial charge in [0.25, 0.3) is 0 Å². The number of carbonyl (C=O) groups excluding carboxylic acids is 3. The van der Waals surface area contributed by atoms with Gasteiger partial charge in [0, 0.05) is 0 Å². The summed E-state index contributed by atoms with van der Waals surface area (Å²) in [4.78, 5) is 38.1. The van der Waals surface area contributed by atoms with Gasteiger partial charge < -0.3 is 0 Å². The number of esters is 1. The molecule has 1 unspecified atom stereocenters. The van der Waals surface area contributed by atoms with Crippen LogP contribution >= 0.6 is 0 Å². The molecule has 0 spiro atoms. The van der Waals surface area contributed by atoms with Crippen molar-refractivity contribution < 1.29 is 19.1 Å². The molecule has 0 radical (unpaired) electrons. The summed E-state index contributed by atoms with van der Waals surface area (Å²) >= 11 is -1.71. The Bertz CT molecular complexity index is 872. The summed E-state index contributed by atoms with van der Waals surface area (Å²) in [5.74, 6) is 3.23. The second-order valence-electron chi connectivity index (χ2n) is 10.5. The van der Waals surface area contributed by atoms with Crippen LogP contribution in [0.15, 0.2) is 24.3 Å². The van der Waals surface area contributed by atoms with Crippen molar-refractivity contribution in [2.75, 3.05) is 0 Å². The van der Waals surface area contributed by atoms with E-state index in [0.29, 0.717) is 40.6 Å². The molecule has 5 heteroatoms. The van der Waals surface area contributed by atoms with E-state index in [0.717, 1.165) is 17.3 Å². The predicted octanol–water partition coefficient (Wildman–Crippen LogP) is 4.35. The first-order chi connectivity index (χ1) is 14.5. The van der Waals surface area contributed by atoms with Gasteiger partial charge in [-0.15, -0.1) is 0 Å². The van der Waals surface area contributed by atoms with E-state index in [4.69, 9.17) is 4.74 Å². The van der Waals surface area contributed by atoms with Gasteiger partial charge >= 0.3 is 191 Å². The van der Waals surface area contributed by atoms with Gasteiger partial charge in [0.15, 0.2) is 0 Å². The first-order valence-electron chi connectivity index (χ1n) is 11.4. The normalized spacial score (nSPS) is 27.3. The Balaban J connectivity index is 1.76. The van der Waals surface area contributed by atoms with E-state index in [1.54, 1.807) is 12.1 Å². The summed E-state index contributed by atoms with van der Waals surface area (Å²) in [6.45, 7) is 10.6. The molecule has 1 aromatic carbocycles. The fourth-order valence-electron chi connectivity index (χ4n) is 4.96. The third kappa shape index (κ3) is 5.62. The predicted molar refractivity (Wildman–Crippen MR) is 126 cm³/mol. The zero-order chi connectivity index (χ0) is 22.9. The quantitative estimate of drug-likeness (QED) is 0.464. The van der Waals surface area contributed by atoms with Gasteiger partial charge in [-0.25, -0.2) is 0 Å². The number of hydrogen-bond acceptors (Lipinski definition) is 4. The third-order valence-corrected chi connectivity index (χ3v) is 11.0. The number of carbonyl (C=O) groups is 3. The first-order valence-corrected chi connectivity index (χ1v) is 14.8. The number of ketones is 2. The van der Waals surface area contributed by atoms with Gasteiger partial charge in [-0.2, -0.15) is 0 Å². The number of rotatable bonds is 4. The second kappa shape index (κ2) is 9.50. The van der Waals surface area contributed by atoms with Crippen LogP contribution in [0.5, 0.6) is 0 Å². The average Bonchev–Trinajstić information content (AvgIpc) is 2.66. The number of Topliss-reactive ketones (excluding diaryl/α,β-unsaturated/α-hetero) is 2. The third-order valence-electron chi connectivity index (χ3n) is 6.75. The van der Waals surface area contributed by atoms with Crippen molar-refractivity contribution in [1.29, 1.82) is 0 Å². The van der Waals surface area contributed by atoms with Gasteiger partial charge in [0.05, 0.1) is 0 Å². The van der Waals surface area contributed by atoms with Gasteiger partial charge in [0.1, 0.15) is 0 Å². The Morgan fingerprint density at radius 3 is 2.19 bits per heavy atom. The Labute approximate surface area is 190 Å². The molecule has 0 bridgehead atoms. The summed E-state index contributed by atoms with van der Waals surface area (Å²) in [7, 11) is 0. The molecule has 31 heavy (non-hydrogen) atoms. The van der Waals surface area contributed by atoms with Crippen molar-refractivity contribution in [3.05, 3.63) is 29.8 Å². The van der Waals surface area contributed by atoms with E-state index < -0.39 is 13.5 Å². The maximum atomic E-state index is 12.8. The molecule has 2 aliphatic carbocycles. The number of hydrogen-bond donors (Lipinski definition) is 0. The molecule has 1 aromatic rings. The molecular formula is C26H36O4Se. The molecule has 0 aromatic heterocycles. The topological polar surface area (TPSA) is 60.4 Å². The average molecular weight is 492 g/mol. The molecule has 4 nitrogen and oxygen atoms in total. The van der Waals surface area contributed by atoms with Crippen molar-refractivity contribution in [2.45, 2.75) is 78.6 Å². The Morgan fingerprint density at radius 1 is 1.06 bits per heavy atom. The van der Waals surface area contributed by atoms with Crippen LogP contribution in [0.4, 0.5) is 0 Å². The van der Waals surface area contributed by atoms with Crippen LogP contribution in [0.3, 0.4) is 0 Å². The molecule has 0 amide bonds. The van der Waals surface area contributed by atoms with E-state index in [1.807, 2.05) is 31.8 Å². The van der Waals surface area contributed by atoms with Gasteiger partial charge in [0.2, 0.25) is 0 Å². The van der Waals surface area contributed by atoms with Crippen LogP contribution in [0.1, 0.15) is 77.1 Å². The van der Waals surface area contributed by atoms with E-state index in [1.165, 1.54) is 6.42 Å². The van der Waals surface area contributed by atoms with Crippen molar-refractivity contribution >= 4 is 39.9 Å². The SMILES string of the molecule is CC(C)[C@@H]1CC[C@@H](C)C[C@H]1OC(=O)c1ccc([Se](C)=C2C(=O)CC(C)(C)CC2=O)cc1. The van der Waals surface area contributed by atoms with Crippen molar-refractivity contribution in [3.8, 4) is 0 Å². The standard InChI is InChI=1S/C26H36O4Se/c1-16(2)20-12-7-17(3)13-23(20)30-25(29)18-8-10-19(11-9-18)31(6)24-21(27)14-26(4,5)15-22(24)28/h8-11,16-17,20,23H,7,12-15H2,1-6H3/t17-,20+,23-,31?/m1/s1. The number of benzene rings is 1. The van der Waals surface area contributed by atoms with Crippen LogP contribution in [-0.4, -0.2) is 41.5 Å². The summed E-state index contributed by atoms with van der Waals surface area (Å²) in [6.07, 6.45) is 4.07. The summed E-state index contributed by atoms with van der Waals surface area (Å²) < 4.78 is 7.47. The van der Waals surface area contributed by atoms with Gasteiger partial charge in [-0.05, 0) is 0 Å². The van der Waals surface area contributed by atoms with Crippen molar-refractivity contribution in [1.82, 2.24) is 0 Å². The Morgan fingerprint density at radius 2 is 1.65 bits per heavy atom. The van der Waals surface area contributed by atoms with E-state index in [2.05, 4.69) is 20.8 Å². The van der Waals surface area contributed by atoms with Crippen LogP contribution < -0.4 is 4.46 Å². The summed E-state index contributed by atoms with van der Waals surface area (Å²) in [5, 5.41) is 0. The molecule has 0 saturated heterocycles. The van der Waals surface area contributed by atoms with E-state index in [-0.39, 0.29) is 29.1 Å². The zero-order valence-corrected chi connectivity index (χ0v) is 21.4. The van der Waals surface area contributed by atoms with E-state index >= 15 is 0 Å². The molecule has 0 heterocycles. The molecule has 3 rings (SSSR count). The molecule has 4 atom stereocenters. The van der Waals surface area contributed by atoms with Crippen molar-refractivity contribution in [2.24, 2.45) is 23.2 Å². The van der Waals surface area contributed by atoms with Gasteiger partial charge in [-0.1, -0.05) is 0 Å². The fourth-order valence-corrected chi connectivity index (χ4v) is 8.33. The first kappa shape index (κ1) is 24.1. The molecule has 2 aliphatic rings. The van der Waals surface area contributed by atoms with Crippen LogP contribution in [0.25, 0.3) is 0 Å². The molecule has 2 fully saturated rings. The molecule has 2 saturated carbocycles. The van der Waals surface area contributed by atoms with Gasteiger partial charge in [-0.3, -0.25) is 0 Å². The van der Waals surface area contributed by atoms with Crippen molar-refractivity contribution in [3.63, 3.8) is 0 Å². The zero-order valence-electron chi connectivity index (χ0n) is 19.7. The van der Waals surface area contributed by atoms with Crippen LogP contribution in [-0.2, 0) is 14.3 Å². The molecule has 0 aliphatic heterocycles. The molecule has 170 valence electrons.